The van der Waals surface area contributed by atoms with Crippen molar-refractivity contribution in [2.45, 2.75) is 55.4 Å². The van der Waals surface area contributed by atoms with E-state index in [4.69, 9.17) is 9.47 Å². The minimum atomic E-state index is -0.934. The molecule has 22 heavy (non-hydrogen) atoms. The Morgan fingerprint density at radius 2 is 2.23 bits per heavy atom. The average molecular weight is 324 g/mol. The first-order chi connectivity index (χ1) is 10.6. The van der Waals surface area contributed by atoms with Gasteiger partial charge in [0.05, 0.1) is 18.8 Å². The summed E-state index contributed by atoms with van der Waals surface area (Å²) in [4.78, 5) is 26.7. The summed E-state index contributed by atoms with van der Waals surface area (Å²) in [6.07, 6.45) is 2.46. The zero-order chi connectivity index (χ0) is 15.9. The predicted octanol–water partition coefficient (Wildman–Crippen LogP) is 1.30. The summed E-state index contributed by atoms with van der Waals surface area (Å²) in [5.74, 6) is -1.43. The minimum absolute atomic E-state index is 0.0352. The fourth-order valence-electron chi connectivity index (χ4n) is 3.04. The molecule has 3 aliphatic rings. The van der Waals surface area contributed by atoms with Crippen LogP contribution in [0.25, 0.3) is 0 Å². The first-order valence-corrected chi connectivity index (χ1v) is 8.65. The molecular weight excluding hydrogens is 304 g/mol. The second-order valence-corrected chi connectivity index (χ2v) is 7.30. The number of nitriles is 1. The summed E-state index contributed by atoms with van der Waals surface area (Å²) >= 11 is 1.43. The maximum Gasteiger partial charge on any atom is 0.326 e. The van der Waals surface area contributed by atoms with Gasteiger partial charge < -0.3 is 14.4 Å². The van der Waals surface area contributed by atoms with Crippen molar-refractivity contribution in [3.05, 3.63) is 0 Å². The number of hydrogen-bond acceptors (Lipinski definition) is 6. The van der Waals surface area contributed by atoms with Crippen molar-refractivity contribution in [3.63, 3.8) is 0 Å². The van der Waals surface area contributed by atoms with Gasteiger partial charge in [0.1, 0.15) is 10.1 Å². The Bertz CT molecular complexity index is 530. The lowest BCUT2D eigenvalue weighted by Gasteiger charge is -2.25. The molecule has 0 N–H and O–H groups in total. The summed E-state index contributed by atoms with van der Waals surface area (Å²) in [6, 6.07) is 2.21. The molecule has 2 saturated carbocycles. The lowest BCUT2D eigenvalue weighted by molar-refractivity contribution is -0.147. The Morgan fingerprint density at radius 1 is 1.50 bits per heavy atom. The number of esters is 1. The maximum absolute atomic E-state index is 12.8. The molecule has 1 amide bonds. The lowest BCUT2D eigenvalue weighted by Crippen LogP contribution is -2.43. The van der Waals surface area contributed by atoms with E-state index in [1.807, 2.05) is 13.0 Å². The third kappa shape index (κ3) is 2.38. The standard InChI is InChI=1S/C15H20N2O4S/c1-3-20-11-7-15(11)14(19)17(9-5-6-9)12(22-15)10(8-16)13(18)21-4-2/h9-12H,3-7H2,1-2H3/t10-,11?,12?,15?/m0/s1. The molecule has 0 aromatic heterocycles. The molecule has 120 valence electrons. The molecule has 3 rings (SSSR count). The minimum Gasteiger partial charge on any atom is -0.465 e. The van der Waals surface area contributed by atoms with Crippen LogP contribution in [-0.4, -0.2) is 52.3 Å². The topological polar surface area (TPSA) is 79.6 Å². The predicted molar refractivity (Wildman–Crippen MR) is 79.7 cm³/mol. The second-order valence-electron chi connectivity index (χ2n) is 5.85. The molecule has 4 atom stereocenters. The van der Waals surface area contributed by atoms with Gasteiger partial charge in [0.15, 0.2) is 5.92 Å². The van der Waals surface area contributed by atoms with Crippen LogP contribution in [0.1, 0.15) is 33.1 Å². The van der Waals surface area contributed by atoms with Crippen LogP contribution in [0.4, 0.5) is 0 Å². The monoisotopic (exact) mass is 324 g/mol. The molecular formula is C15H20N2O4S. The van der Waals surface area contributed by atoms with Crippen LogP contribution in [0, 0.1) is 17.2 Å². The van der Waals surface area contributed by atoms with Crippen LogP contribution in [0.2, 0.25) is 0 Å². The highest BCUT2D eigenvalue weighted by Gasteiger charge is 2.71. The van der Waals surface area contributed by atoms with Gasteiger partial charge in [-0.2, -0.15) is 5.26 Å². The normalized spacial score (nSPS) is 34.6. The van der Waals surface area contributed by atoms with Crippen LogP contribution in [-0.2, 0) is 19.1 Å². The smallest absolute Gasteiger partial charge is 0.326 e. The third-order valence-electron chi connectivity index (χ3n) is 4.32. The van der Waals surface area contributed by atoms with Gasteiger partial charge in [-0.1, -0.05) is 0 Å². The van der Waals surface area contributed by atoms with E-state index < -0.39 is 22.0 Å². The highest BCUT2D eigenvalue weighted by Crippen LogP contribution is 2.61. The van der Waals surface area contributed by atoms with E-state index in [0.29, 0.717) is 13.0 Å². The van der Waals surface area contributed by atoms with E-state index in [9.17, 15) is 14.9 Å². The third-order valence-corrected chi connectivity index (χ3v) is 6.09. The molecule has 0 aromatic carbocycles. The summed E-state index contributed by atoms with van der Waals surface area (Å²) in [6.45, 7) is 4.42. The number of nitrogens with zero attached hydrogens (tertiary/aromatic N) is 2. The molecule has 3 unspecified atom stereocenters. The Morgan fingerprint density at radius 3 is 2.77 bits per heavy atom. The highest BCUT2D eigenvalue weighted by molar-refractivity contribution is 8.02. The lowest BCUT2D eigenvalue weighted by atomic mass is 10.1. The van der Waals surface area contributed by atoms with Gasteiger partial charge in [-0.3, -0.25) is 9.59 Å². The molecule has 1 heterocycles. The Hall–Kier alpha value is -1.26. The maximum atomic E-state index is 12.8. The number of carbonyl (C=O) groups is 2. The zero-order valence-electron chi connectivity index (χ0n) is 12.8. The van der Waals surface area contributed by atoms with Crippen molar-refractivity contribution < 1.29 is 19.1 Å². The molecule has 1 spiro atoms. The van der Waals surface area contributed by atoms with Gasteiger partial charge in [-0.05, 0) is 26.7 Å². The van der Waals surface area contributed by atoms with Crippen molar-refractivity contribution in [3.8, 4) is 6.07 Å². The molecule has 3 fully saturated rings. The van der Waals surface area contributed by atoms with Crippen LogP contribution in [0.15, 0.2) is 0 Å². The average Bonchev–Trinajstić information content (AvgIpc) is 3.38. The highest BCUT2D eigenvalue weighted by atomic mass is 32.2. The van der Waals surface area contributed by atoms with E-state index in [1.54, 1.807) is 11.8 Å². The first-order valence-electron chi connectivity index (χ1n) is 7.77. The summed E-state index contributed by atoms with van der Waals surface area (Å²) in [5, 5.41) is 8.97. The largest absolute Gasteiger partial charge is 0.465 e. The van der Waals surface area contributed by atoms with Crippen molar-refractivity contribution in [2.24, 2.45) is 5.92 Å². The van der Waals surface area contributed by atoms with E-state index >= 15 is 0 Å². The summed E-state index contributed by atoms with van der Waals surface area (Å²) in [7, 11) is 0. The van der Waals surface area contributed by atoms with Crippen molar-refractivity contribution in [1.82, 2.24) is 4.90 Å². The van der Waals surface area contributed by atoms with Crippen molar-refractivity contribution in [1.29, 1.82) is 5.26 Å². The van der Waals surface area contributed by atoms with Crippen LogP contribution < -0.4 is 0 Å². The molecule has 0 bridgehead atoms. The Kier molecular flexibility index (Phi) is 4.08. The van der Waals surface area contributed by atoms with Gasteiger partial charge in [0, 0.05) is 19.1 Å². The summed E-state index contributed by atoms with van der Waals surface area (Å²) < 4.78 is 10.0. The van der Waals surface area contributed by atoms with Gasteiger partial charge in [-0.25, -0.2) is 0 Å². The molecule has 0 radical (unpaired) electrons. The SMILES string of the molecule is CCOC(=O)[C@@H](C#N)C1SC2(CC2OCC)C(=O)N1C1CC1. The Balaban J connectivity index is 1.82. The van der Waals surface area contributed by atoms with Crippen LogP contribution >= 0.6 is 11.8 Å². The van der Waals surface area contributed by atoms with Gasteiger partial charge in [-0.15, -0.1) is 11.8 Å². The van der Waals surface area contributed by atoms with Crippen molar-refractivity contribution in [2.75, 3.05) is 13.2 Å². The fourth-order valence-corrected chi connectivity index (χ4v) is 4.83. The quantitative estimate of drug-likeness (QED) is 0.685. The number of rotatable bonds is 6. The van der Waals surface area contributed by atoms with Gasteiger partial charge in [0.2, 0.25) is 5.91 Å². The fraction of sp³-hybridized carbons (Fsp3) is 0.800. The number of ether oxygens (including phenoxy) is 2. The molecule has 1 saturated heterocycles. The van der Waals surface area contributed by atoms with E-state index in [0.717, 1.165) is 12.8 Å². The Labute approximate surface area is 134 Å². The molecule has 7 heteroatoms. The molecule has 6 nitrogen and oxygen atoms in total. The number of thioether (sulfide) groups is 1. The van der Waals surface area contributed by atoms with Gasteiger partial charge >= 0.3 is 5.97 Å². The van der Waals surface area contributed by atoms with Crippen LogP contribution in [0.5, 0.6) is 0 Å². The molecule has 1 aliphatic heterocycles. The van der Waals surface area contributed by atoms with E-state index in [2.05, 4.69) is 0 Å². The number of carbonyl (C=O) groups excluding carboxylic acids is 2. The first kappa shape index (κ1) is 15.6. The van der Waals surface area contributed by atoms with Crippen molar-refractivity contribution >= 4 is 23.6 Å². The number of hydrogen-bond donors (Lipinski definition) is 0. The second kappa shape index (κ2) is 5.74. The van der Waals surface area contributed by atoms with E-state index in [-0.39, 0.29) is 24.7 Å². The molecule has 0 aromatic rings. The van der Waals surface area contributed by atoms with Gasteiger partial charge in [0.25, 0.3) is 0 Å². The zero-order valence-corrected chi connectivity index (χ0v) is 13.6. The molecule has 2 aliphatic carbocycles. The number of amides is 1. The van der Waals surface area contributed by atoms with Crippen LogP contribution in [0.3, 0.4) is 0 Å². The van der Waals surface area contributed by atoms with E-state index in [1.165, 1.54) is 11.8 Å². The summed E-state index contributed by atoms with van der Waals surface area (Å²) in [5.41, 5.74) is 0.